The summed E-state index contributed by atoms with van der Waals surface area (Å²) in [6.45, 7) is 5.71. The Morgan fingerprint density at radius 3 is 2.67 bits per heavy atom. The summed E-state index contributed by atoms with van der Waals surface area (Å²) in [4.78, 5) is 0. The fourth-order valence-electron chi connectivity index (χ4n) is 3.11. The Bertz CT molecular complexity index is 395. The molecule has 1 N–H and O–H groups in total. The van der Waals surface area contributed by atoms with Crippen molar-refractivity contribution in [3.63, 3.8) is 0 Å². The molecule has 0 spiro atoms. The molecule has 1 unspecified atom stereocenters. The Morgan fingerprint density at radius 2 is 1.95 bits per heavy atom. The minimum Gasteiger partial charge on any atom is -0.314 e. The van der Waals surface area contributed by atoms with Crippen molar-refractivity contribution in [2.75, 3.05) is 6.54 Å². The van der Waals surface area contributed by atoms with Crippen LogP contribution in [-0.4, -0.2) is 12.6 Å². The van der Waals surface area contributed by atoms with E-state index in [4.69, 9.17) is 0 Å². The first-order valence-corrected chi connectivity index (χ1v) is 9.07. The van der Waals surface area contributed by atoms with E-state index in [9.17, 15) is 0 Å². The summed E-state index contributed by atoms with van der Waals surface area (Å²) in [5.74, 6) is 0.814. The molecule has 0 aliphatic heterocycles. The molecule has 0 saturated heterocycles. The van der Waals surface area contributed by atoms with Crippen molar-refractivity contribution in [3.8, 4) is 0 Å². The lowest BCUT2D eigenvalue weighted by atomic mass is 9.92. The van der Waals surface area contributed by atoms with Gasteiger partial charge in [-0.15, -0.1) is 0 Å². The van der Waals surface area contributed by atoms with Gasteiger partial charge in [-0.3, -0.25) is 0 Å². The average molecular weight is 287 g/mol. The predicted molar refractivity (Wildman–Crippen MR) is 92.8 cm³/mol. The third-order valence-electron chi connectivity index (χ3n) is 4.60. The van der Waals surface area contributed by atoms with Gasteiger partial charge in [0, 0.05) is 6.04 Å². The fourth-order valence-corrected chi connectivity index (χ4v) is 3.11. The minimum absolute atomic E-state index is 0.814. The number of aryl methyl sites for hydroxylation is 1. The SMILES string of the molecule is CCCCCCCC(CNC1CC1)Cc1cccc(C)c1. The number of rotatable bonds is 11. The van der Waals surface area contributed by atoms with Gasteiger partial charge >= 0.3 is 0 Å². The molecule has 0 bridgehead atoms. The normalized spacial score (nSPS) is 16.1. The van der Waals surface area contributed by atoms with E-state index < -0.39 is 0 Å². The fraction of sp³-hybridized carbons (Fsp3) is 0.700. The number of hydrogen-bond acceptors (Lipinski definition) is 1. The summed E-state index contributed by atoms with van der Waals surface area (Å²) in [6.07, 6.45) is 12.4. The standard InChI is InChI=1S/C20H33N/c1-3-4-5-6-7-10-19(16-21-20-12-13-20)15-18-11-8-9-17(2)14-18/h8-9,11,14,19-21H,3-7,10,12-13,15-16H2,1-2H3. The van der Waals surface area contributed by atoms with E-state index in [0.29, 0.717) is 0 Å². The van der Waals surface area contributed by atoms with Crippen LogP contribution in [0.5, 0.6) is 0 Å². The highest BCUT2D eigenvalue weighted by Crippen LogP contribution is 2.22. The molecule has 1 aliphatic carbocycles. The first kappa shape index (κ1) is 16.5. The second-order valence-corrected chi connectivity index (χ2v) is 6.94. The van der Waals surface area contributed by atoms with Gasteiger partial charge in [0.25, 0.3) is 0 Å². The van der Waals surface area contributed by atoms with E-state index in [2.05, 4.69) is 43.4 Å². The second-order valence-electron chi connectivity index (χ2n) is 6.94. The highest BCUT2D eigenvalue weighted by atomic mass is 14.9. The summed E-state index contributed by atoms with van der Waals surface area (Å²) < 4.78 is 0. The molecule has 1 aromatic rings. The first-order valence-electron chi connectivity index (χ1n) is 9.07. The van der Waals surface area contributed by atoms with E-state index in [1.807, 2.05) is 0 Å². The Morgan fingerprint density at radius 1 is 1.14 bits per heavy atom. The molecule has 2 rings (SSSR count). The van der Waals surface area contributed by atoms with Gasteiger partial charge in [0.1, 0.15) is 0 Å². The maximum atomic E-state index is 3.74. The highest BCUT2D eigenvalue weighted by molar-refractivity contribution is 5.22. The molecule has 21 heavy (non-hydrogen) atoms. The van der Waals surface area contributed by atoms with Gasteiger partial charge in [0.15, 0.2) is 0 Å². The Balaban J connectivity index is 1.76. The van der Waals surface area contributed by atoms with Crippen molar-refractivity contribution in [3.05, 3.63) is 35.4 Å². The van der Waals surface area contributed by atoms with Gasteiger partial charge in [-0.05, 0) is 50.6 Å². The van der Waals surface area contributed by atoms with Crippen LogP contribution in [0.25, 0.3) is 0 Å². The molecule has 1 aromatic carbocycles. The maximum Gasteiger partial charge on any atom is 0.00683 e. The van der Waals surface area contributed by atoms with Gasteiger partial charge in [0.2, 0.25) is 0 Å². The van der Waals surface area contributed by atoms with Crippen LogP contribution in [0.15, 0.2) is 24.3 Å². The third-order valence-corrected chi connectivity index (χ3v) is 4.60. The van der Waals surface area contributed by atoms with Crippen molar-refractivity contribution in [1.82, 2.24) is 5.32 Å². The van der Waals surface area contributed by atoms with Crippen LogP contribution in [0.3, 0.4) is 0 Å². The van der Waals surface area contributed by atoms with Gasteiger partial charge in [-0.25, -0.2) is 0 Å². The van der Waals surface area contributed by atoms with Crippen LogP contribution >= 0.6 is 0 Å². The summed E-state index contributed by atoms with van der Waals surface area (Å²) >= 11 is 0. The lowest BCUT2D eigenvalue weighted by Gasteiger charge is -2.18. The largest absolute Gasteiger partial charge is 0.314 e. The predicted octanol–water partition coefficient (Wildman–Crippen LogP) is 5.27. The van der Waals surface area contributed by atoms with Crippen LogP contribution in [0, 0.1) is 12.8 Å². The van der Waals surface area contributed by atoms with Crippen molar-refractivity contribution in [1.29, 1.82) is 0 Å². The molecule has 1 fully saturated rings. The molecule has 1 aliphatic rings. The third kappa shape index (κ3) is 7.13. The number of unbranched alkanes of at least 4 members (excludes halogenated alkanes) is 4. The molecule has 0 amide bonds. The number of nitrogens with one attached hydrogen (secondary N) is 1. The molecule has 1 saturated carbocycles. The number of benzene rings is 1. The van der Waals surface area contributed by atoms with Crippen molar-refractivity contribution < 1.29 is 0 Å². The average Bonchev–Trinajstić information content (AvgIpc) is 3.28. The van der Waals surface area contributed by atoms with Gasteiger partial charge in [-0.1, -0.05) is 68.9 Å². The zero-order chi connectivity index (χ0) is 14.9. The van der Waals surface area contributed by atoms with Gasteiger partial charge in [-0.2, -0.15) is 0 Å². The summed E-state index contributed by atoms with van der Waals surface area (Å²) in [5.41, 5.74) is 2.91. The van der Waals surface area contributed by atoms with E-state index >= 15 is 0 Å². The summed E-state index contributed by atoms with van der Waals surface area (Å²) in [7, 11) is 0. The lowest BCUT2D eigenvalue weighted by Crippen LogP contribution is -2.26. The first-order chi connectivity index (χ1) is 10.3. The monoisotopic (exact) mass is 287 g/mol. The Hall–Kier alpha value is -0.820. The minimum atomic E-state index is 0.814. The van der Waals surface area contributed by atoms with Crippen LogP contribution < -0.4 is 5.32 Å². The van der Waals surface area contributed by atoms with Crippen molar-refractivity contribution >= 4 is 0 Å². The zero-order valence-electron chi connectivity index (χ0n) is 14.0. The molecule has 118 valence electrons. The second kappa shape index (κ2) is 9.25. The molecule has 1 nitrogen and oxygen atoms in total. The molecule has 1 atom stereocenters. The quantitative estimate of drug-likeness (QED) is 0.547. The van der Waals surface area contributed by atoms with E-state index in [1.54, 1.807) is 0 Å². The van der Waals surface area contributed by atoms with Crippen LogP contribution in [0.1, 0.15) is 69.4 Å². The molecule has 1 heteroatoms. The van der Waals surface area contributed by atoms with Gasteiger partial charge in [0.05, 0.1) is 0 Å². The summed E-state index contributed by atoms with van der Waals surface area (Å²) in [5, 5.41) is 3.74. The van der Waals surface area contributed by atoms with Crippen LogP contribution in [0.4, 0.5) is 0 Å². The van der Waals surface area contributed by atoms with Crippen LogP contribution in [0.2, 0.25) is 0 Å². The van der Waals surface area contributed by atoms with E-state index in [-0.39, 0.29) is 0 Å². The molecule has 0 heterocycles. The van der Waals surface area contributed by atoms with Crippen LogP contribution in [-0.2, 0) is 6.42 Å². The lowest BCUT2D eigenvalue weighted by molar-refractivity contribution is 0.419. The van der Waals surface area contributed by atoms with Crippen molar-refractivity contribution in [2.45, 2.75) is 77.7 Å². The maximum absolute atomic E-state index is 3.74. The molecule has 0 radical (unpaired) electrons. The van der Waals surface area contributed by atoms with E-state index in [1.165, 1.54) is 75.5 Å². The topological polar surface area (TPSA) is 12.0 Å². The number of hydrogen-bond donors (Lipinski definition) is 1. The Kier molecular flexibility index (Phi) is 7.29. The van der Waals surface area contributed by atoms with E-state index in [0.717, 1.165) is 12.0 Å². The van der Waals surface area contributed by atoms with Crippen molar-refractivity contribution in [2.24, 2.45) is 5.92 Å². The Labute approximate surface area is 131 Å². The molecule has 0 aromatic heterocycles. The molecular weight excluding hydrogens is 254 g/mol. The zero-order valence-corrected chi connectivity index (χ0v) is 14.0. The molecular formula is C20H33N. The smallest absolute Gasteiger partial charge is 0.00683 e. The highest BCUT2D eigenvalue weighted by Gasteiger charge is 2.21. The summed E-state index contributed by atoms with van der Waals surface area (Å²) in [6, 6.07) is 9.91. The van der Waals surface area contributed by atoms with Gasteiger partial charge < -0.3 is 5.32 Å².